The van der Waals surface area contributed by atoms with Crippen molar-refractivity contribution in [3.05, 3.63) is 24.3 Å². The Morgan fingerprint density at radius 1 is 1.44 bits per heavy atom. The first-order valence-corrected chi connectivity index (χ1v) is 5.18. The summed E-state index contributed by atoms with van der Waals surface area (Å²) in [5.41, 5.74) is 0.750. The minimum absolute atomic E-state index is 0.0173. The van der Waals surface area contributed by atoms with E-state index in [2.05, 4.69) is 5.32 Å². The summed E-state index contributed by atoms with van der Waals surface area (Å²) in [7, 11) is 1.58. The number of methoxy groups -OCH3 is 1. The first kappa shape index (κ1) is 12.4. The zero-order chi connectivity index (χ0) is 12.1. The van der Waals surface area contributed by atoms with Crippen LogP contribution in [0.1, 0.15) is 13.8 Å². The molecule has 0 radical (unpaired) electrons. The molecule has 0 bridgehead atoms. The third-order valence-corrected chi connectivity index (χ3v) is 2.32. The largest absolute Gasteiger partial charge is 0.497 e. The maximum Gasteiger partial charge on any atom is 0.326 e. The molecule has 1 unspecified atom stereocenters. The van der Waals surface area contributed by atoms with Crippen molar-refractivity contribution in [3.8, 4) is 5.75 Å². The van der Waals surface area contributed by atoms with Gasteiger partial charge in [-0.15, -0.1) is 0 Å². The van der Waals surface area contributed by atoms with E-state index in [4.69, 9.17) is 9.84 Å². The number of anilines is 1. The third kappa shape index (κ3) is 3.15. The van der Waals surface area contributed by atoms with Gasteiger partial charge in [0.25, 0.3) is 0 Å². The van der Waals surface area contributed by atoms with Crippen LogP contribution >= 0.6 is 0 Å². The Morgan fingerprint density at radius 3 is 2.62 bits per heavy atom. The van der Waals surface area contributed by atoms with Crippen LogP contribution in [0.5, 0.6) is 5.75 Å². The lowest BCUT2D eigenvalue weighted by Crippen LogP contribution is -2.34. The number of aliphatic carboxylic acids is 1. The van der Waals surface area contributed by atoms with Crippen LogP contribution in [-0.2, 0) is 4.79 Å². The van der Waals surface area contributed by atoms with Crippen molar-refractivity contribution in [2.45, 2.75) is 19.9 Å². The van der Waals surface area contributed by atoms with Crippen molar-refractivity contribution in [1.82, 2.24) is 0 Å². The van der Waals surface area contributed by atoms with Crippen molar-refractivity contribution in [1.29, 1.82) is 0 Å². The van der Waals surface area contributed by atoms with Gasteiger partial charge in [0.1, 0.15) is 11.8 Å². The zero-order valence-corrected chi connectivity index (χ0v) is 9.73. The highest BCUT2D eigenvalue weighted by atomic mass is 16.5. The molecule has 1 aromatic rings. The van der Waals surface area contributed by atoms with Crippen LogP contribution in [0, 0.1) is 5.92 Å². The quantitative estimate of drug-likeness (QED) is 0.803. The van der Waals surface area contributed by atoms with Crippen molar-refractivity contribution in [3.63, 3.8) is 0 Å². The van der Waals surface area contributed by atoms with E-state index in [1.807, 2.05) is 32.0 Å². The molecule has 4 nitrogen and oxygen atoms in total. The summed E-state index contributed by atoms with van der Waals surface area (Å²) in [5, 5.41) is 12.0. The minimum atomic E-state index is -0.849. The van der Waals surface area contributed by atoms with E-state index in [1.165, 1.54) is 0 Å². The molecule has 0 aliphatic carbocycles. The van der Waals surface area contributed by atoms with E-state index in [-0.39, 0.29) is 5.92 Å². The van der Waals surface area contributed by atoms with Crippen molar-refractivity contribution < 1.29 is 14.6 Å². The standard InChI is InChI=1S/C12H17NO3/c1-8(2)11(12(14)15)13-9-5-4-6-10(7-9)16-3/h4-8,11,13H,1-3H3,(H,14,15). The maximum absolute atomic E-state index is 11.0. The fourth-order valence-corrected chi connectivity index (χ4v) is 1.41. The molecule has 0 amide bonds. The molecule has 0 aromatic heterocycles. The van der Waals surface area contributed by atoms with Crippen molar-refractivity contribution >= 4 is 11.7 Å². The number of hydrogen-bond acceptors (Lipinski definition) is 3. The van der Waals surface area contributed by atoms with Crippen LogP contribution in [-0.4, -0.2) is 24.2 Å². The Kier molecular flexibility index (Phi) is 4.17. The molecule has 0 spiro atoms. The molecule has 0 heterocycles. The topological polar surface area (TPSA) is 58.6 Å². The Labute approximate surface area is 95.2 Å². The molecule has 0 aliphatic heterocycles. The summed E-state index contributed by atoms with van der Waals surface area (Å²) in [4.78, 5) is 11.0. The monoisotopic (exact) mass is 223 g/mol. The van der Waals surface area contributed by atoms with Crippen LogP contribution in [0.15, 0.2) is 24.3 Å². The summed E-state index contributed by atoms with van der Waals surface area (Å²) in [5.74, 6) is -0.126. The normalized spacial score (nSPS) is 12.2. The molecule has 1 atom stereocenters. The predicted molar refractivity (Wildman–Crippen MR) is 62.9 cm³/mol. The average Bonchev–Trinajstić information content (AvgIpc) is 2.25. The van der Waals surface area contributed by atoms with Crippen molar-refractivity contribution in [2.24, 2.45) is 5.92 Å². The van der Waals surface area contributed by atoms with E-state index in [9.17, 15) is 4.79 Å². The molecule has 2 N–H and O–H groups in total. The first-order chi connectivity index (χ1) is 7.54. The van der Waals surface area contributed by atoms with Gasteiger partial charge in [-0.3, -0.25) is 0 Å². The lowest BCUT2D eigenvalue weighted by Gasteiger charge is -2.19. The van der Waals surface area contributed by atoms with Gasteiger partial charge in [0, 0.05) is 11.8 Å². The molecule has 88 valence electrons. The summed E-state index contributed by atoms with van der Waals surface area (Å²) in [6.45, 7) is 3.73. The average molecular weight is 223 g/mol. The van der Waals surface area contributed by atoms with E-state index in [1.54, 1.807) is 13.2 Å². The highest BCUT2D eigenvalue weighted by molar-refractivity contribution is 5.77. The fourth-order valence-electron chi connectivity index (χ4n) is 1.41. The first-order valence-electron chi connectivity index (χ1n) is 5.18. The van der Waals surface area contributed by atoms with Gasteiger partial charge in [-0.2, -0.15) is 0 Å². The SMILES string of the molecule is COc1cccc(NC(C(=O)O)C(C)C)c1. The van der Waals surface area contributed by atoms with Gasteiger partial charge in [-0.25, -0.2) is 4.79 Å². The molecular weight excluding hydrogens is 206 g/mol. The molecule has 16 heavy (non-hydrogen) atoms. The van der Waals surface area contributed by atoms with E-state index < -0.39 is 12.0 Å². The number of benzene rings is 1. The fraction of sp³-hybridized carbons (Fsp3) is 0.417. The van der Waals surface area contributed by atoms with Gasteiger partial charge in [0.05, 0.1) is 7.11 Å². The molecule has 0 saturated carbocycles. The predicted octanol–water partition coefficient (Wildman–Crippen LogP) is 2.22. The van der Waals surface area contributed by atoms with Crippen LogP contribution in [0.3, 0.4) is 0 Å². The van der Waals surface area contributed by atoms with Gasteiger partial charge in [-0.1, -0.05) is 19.9 Å². The lowest BCUT2D eigenvalue weighted by molar-refractivity contribution is -0.138. The number of ether oxygens (including phenoxy) is 1. The molecule has 0 fully saturated rings. The van der Waals surface area contributed by atoms with Crippen LogP contribution < -0.4 is 10.1 Å². The third-order valence-electron chi connectivity index (χ3n) is 2.32. The van der Waals surface area contributed by atoms with E-state index >= 15 is 0 Å². The second kappa shape index (κ2) is 5.39. The van der Waals surface area contributed by atoms with Crippen LogP contribution in [0.4, 0.5) is 5.69 Å². The Morgan fingerprint density at radius 2 is 2.12 bits per heavy atom. The molecule has 1 aromatic carbocycles. The Bertz CT molecular complexity index is 363. The Hall–Kier alpha value is -1.71. The number of carboxylic acids is 1. The lowest BCUT2D eigenvalue weighted by atomic mass is 10.0. The smallest absolute Gasteiger partial charge is 0.326 e. The van der Waals surface area contributed by atoms with E-state index in [0.29, 0.717) is 5.75 Å². The molecule has 1 rings (SSSR count). The van der Waals surface area contributed by atoms with Crippen LogP contribution in [0.25, 0.3) is 0 Å². The van der Waals surface area contributed by atoms with Crippen LogP contribution in [0.2, 0.25) is 0 Å². The Balaban J connectivity index is 2.81. The number of carbonyl (C=O) groups is 1. The second-order valence-corrected chi connectivity index (χ2v) is 3.94. The zero-order valence-electron chi connectivity index (χ0n) is 9.73. The number of nitrogens with one attached hydrogen (secondary N) is 1. The molecular formula is C12H17NO3. The van der Waals surface area contributed by atoms with Gasteiger partial charge >= 0.3 is 5.97 Å². The highest BCUT2D eigenvalue weighted by Crippen LogP contribution is 2.19. The summed E-state index contributed by atoms with van der Waals surface area (Å²) in [6.07, 6.45) is 0. The number of rotatable bonds is 5. The van der Waals surface area contributed by atoms with E-state index in [0.717, 1.165) is 5.69 Å². The van der Waals surface area contributed by atoms with Gasteiger partial charge in [0.15, 0.2) is 0 Å². The minimum Gasteiger partial charge on any atom is -0.497 e. The number of carboxylic acid groups (broad SMARTS) is 1. The molecule has 0 saturated heterocycles. The van der Waals surface area contributed by atoms with Gasteiger partial charge in [0.2, 0.25) is 0 Å². The summed E-state index contributed by atoms with van der Waals surface area (Å²) >= 11 is 0. The summed E-state index contributed by atoms with van der Waals surface area (Å²) in [6, 6.07) is 6.64. The van der Waals surface area contributed by atoms with Crippen molar-refractivity contribution in [2.75, 3.05) is 12.4 Å². The molecule has 0 aliphatic rings. The number of hydrogen-bond donors (Lipinski definition) is 2. The van der Waals surface area contributed by atoms with Gasteiger partial charge < -0.3 is 15.2 Å². The van der Waals surface area contributed by atoms with Gasteiger partial charge in [-0.05, 0) is 18.1 Å². The summed E-state index contributed by atoms with van der Waals surface area (Å²) < 4.78 is 5.07. The maximum atomic E-state index is 11.0. The molecule has 4 heteroatoms. The second-order valence-electron chi connectivity index (χ2n) is 3.94. The highest BCUT2D eigenvalue weighted by Gasteiger charge is 2.20.